The summed E-state index contributed by atoms with van der Waals surface area (Å²) in [6.45, 7) is 28.1. The second kappa shape index (κ2) is 17.9. The van der Waals surface area contributed by atoms with Gasteiger partial charge in [0.1, 0.15) is 11.5 Å². The van der Waals surface area contributed by atoms with Gasteiger partial charge in [0.15, 0.2) is 0 Å². The Balaban J connectivity index is 0.000000740. The van der Waals surface area contributed by atoms with Crippen LogP contribution in [-0.2, 0) is 23.4 Å². The summed E-state index contributed by atoms with van der Waals surface area (Å²) >= 11 is 5.35. The Labute approximate surface area is 296 Å². The molecule has 0 aliphatic heterocycles. The van der Waals surface area contributed by atoms with E-state index < -0.39 is 19.7 Å². The standard InChI is InChI=1S/C31H49O2P.C7H4F3.BrH.Pd/c1-19(2)22-17-23(20(3)4)27(24(18-22)21(5)6)28-25(32-13)15-16-26(33-14)29(28)34(30(7,8)9)31(10,11)12;8-7(9,10)6-4-2-1-3-5-6;;/h15-21H,1-14H3;2-5H;1H;/q;-1;;+2/p-1. The first-order valence-electron chi connectivity index (χ1n) is 15.5. The molecule has 3 aromatic carbocycles. The number of hydrogen-bond acceptors (Lipinski definition) is 2. The summed E-state index contributed by atoms with van der Waals surface area (Å²) in [5.74, 6) is 3.19. The van der Waals surface area contributed by atoms with Crippen LogP contribution in [0.15, 0.2) is 48.5 Å². The predicted molar refractivity (Wildman–Crippen MR) is 193 cm³/mol. The van der Waals surface area contributed by atoms with E-state index in [-0.39, 0.29) is 10.3 Å². The Kier molecular flexibility index (Phi) is 16.6. The Bertz CT molecular complexity index is 1330. The number of benzene rings is 3. The second-order valence-corrected chi connectivity index (χ2v) is 18.0. The van der Waals surface area contributed by atoms with Gasteiger partial charge in [0.05, 0.1) is 14.2 Å². The molecule has 0 saturated carbocycles. The van der Waals surface area contributed by atoms with Crippen LogP contribution in [0.25, 0.3) is 11.1 Å². The molecule has 2 nitrogen and oxygen atoms in total. The number of halogens is 4. The summed E-state index contributed by atoms with van der Waals surface area (Å²) in [5, 5.41) is 1.52. The van der Waals surface area contributed by atoms with E-state index in [1.807, 2.05) is 7.11 Å². The van der Waals surface area contributed by atoms with Gasteiger partial charge in [0.2, 0.25) is 0 Å². The van der Waals surface area contributed by atoms with Crippen molar-refractivity contribution in [2.24, 2.45) is 0 Å². The number of ether oxygens (including phenoxy) is 2. The molecular weight excluding hydrogens is 763 g/mol. The van der Waals surface area contributed by atoms with Gasteiger partial charge in [-0.3, -0.25) is 0 Å². The van der Waals surface area contributed by atoms with Crippen molar-refractivity contribution in [1.82, 2.24) is 0 Å². The third-order valence-electron chi connectivity index (χ3n) is 7.54. The van der Waals surface area contributed by atoms with Crippen LogP contribution in [0.2, 0.25) is 0 Å². The first kappa shape index (κ1) is 42.6. The van der Waals surface area contributed by atoms with Gasteiger partial charge in [-0.2, -0.15) is 43.5 Å². The Hall–Kier alpha value is -1.38. The van der Waals surface area contributed by atoms with Crippen molar-refractivity contribution in [3.05, 3.63) is 76.9 Å². The average molecular weight is 816 g/mol. The van der Waals surface area contributed by atoms with Crippen molar-refractivity contribution in [2.45, 2.75) is 117 Å². The van der Waals surface area contributed by atoms with Crippen LogP contribution in [0.3, 0.4) is 0 Å². The first-order chi connectivity index (χ1) is 21.2. The van der Waals surface area contributed by atoms with E-state index in [2.05, 4.69) is 144 Å². The van der Waals surface area contributed by atoms with E-state index in [0.29, 0.717) is 17.8 Å². The van der Waals surface area contributed by atoms with E-state index in [4.69, 9.17) is 9.47 Å². The van der Waals surface area contributed by atoms with Crippen molar-refractivity contribution in [3.8, 4) is 22.6 Å². The zero-order valence-corrected chi connectivity index (χ0v) is 34.0. The van der Waals surface area contributed by atoms with Gasteiger partial charge in [-0.05, 0) is 62.5 Å². The molecule has 0 amide bonds. The van der Waals surface area contributed by atoms with Crippen molar-refractivity contribution in [3.63, 3.8) is 0 Å². The molecule has 0 aliphatic carbocycles. The van der Waals surface area contributed by atoms with Crippen molar-refractivity contribution >= 4 is 26.7 Å². The van der Waals surface area contributed by atoms with Gasteiger partial charge >= 0.3 is 36.8 Å². The SMILES string of the molecule is COc1ccc(OC)c(P(C(C)(C)C)C(C)(C)C)c1-c1c(C(C)C)cc(C(C)C)cc1C(C)C.FC(F)(F)c1cc[c-]cc1.[Br][Pd+]. The van der Waals surface area contributed by atoms with Gasteiger partial charge < -0.3 is 9.47 Å². The quantitative estimate of drug-likeness (QED) is 0.134. The topological polar surface area (TPSA) is 18.5 Å². The molecule has 3 rings (SSSR count). The normalized spacial score (nSPS) is 12.2. The molecule has 0 aliphatic rings. The Morgan fingerprint density at radius 3 is 1.39 bits per heavy atom. The number of alkyl halides is 3. The molecule has 0 unspecified atom stereocenters. The van der Waals surface area contributed by atoms with E-state index in [1.54, 1.807) is 7.11 Å². The first-order valence-corrected chi connectivity index (χ1v) is 20.4. The molecule has 260 valence electrons. The minimum absolute atomic E-state index is 0.0931. The van der Waals surface area contributed by atoms with Crippen LogP contribution in [0.5, 0.6) is 11.5 Å². The predicted octanol–water partition coefficient (Wildman–Crippen LogP) is 12.8. The molecule has 0 aromatic heterocycles. The molecule has 0 spiro atoms. The maximum absolute atomic E-state index is 11.8. The fraction of sp³-hybridized carbons (Fsp3) is 0.526. The van der Waals surface area contributed by atoms with Crippen molar-refractivity contribution in [1.29, 1.82) is 0 Å². The average Bonchev–Trinajstić information content (AvgIpc) is 2.96. The molecule has 0 atom stereocenters. The van der Waals surface area contributed by atoms with Crippen molar-refractivity contribution in [2.75, 3.05) is 14.2 Å². The van der Waals surface area contributed by atoms with Crippen LogP contribution in [-0.4, -0.2) is 24.5 Å². The molecule has 0 heterocycles. The van der Waals surface area contributed by atoms with E-state index in [1.165, 1.54) is 45.3 Å². The van der Waals surface area contributed by atoms with E-state index in [9.17, 15) is 13.2 Å². The van der Waals surface area contributed by atoms with Crippen LogP contribution >= 0.6 is 21.4 Å². The monoisotopic (exact) mass is 814 g/mol. The maximum atomic E-state index is 11.8. The van der Waals surface area contributed by atoms with Crippen LogP contribution in [0, 0.1) is 6.07 Å². The summed E-state index contributed by atoms with van der Waals surface area (Å²) in [6.07, 6.45) is -4.23. The third kappa shape index (κ3) is 11.1. The van der Waals surface area contributed by atoms with Gasteiger partial charge in [-0.25, -0.2) is 0 Å². The molecule has 0 saturated heterocycles. The molecule has 0 N–H and O–H groups in total. The molecule has 0 bridgehead atoms. The minimum atomic E-state index is -4.23. The molecule has 0 fully saturated rings. The molecule has 0 radical (unpaired) electrons. The zero-order chi connectivity index (χ0) is 35.8. The summed E-state index contributed by atoms with van der Waals surface area (Å²) < 4.78 is 47.5. The zero-order valence-electron chi connectivity index (χ0n) is 29.9. The number of methoxy groups -OCH3 is 2. The molecular formula is C38H53BrF3O2PPd. The third-order valence-corrected chi connectivity index (χ3v) is 11.1. The summed E-state index contributed by atoms with van der Waals surface area (Å²) in [7, 11) is 2.99. The van der Waals surface area contributed by atoms with E-state index >= 15 is 0 Å². The van der Waals surface area contributed by atoms with Crippen molar-refractivity contribution < 1.29 is 39.8 Å². The Morgan fingerprint density at radius 2 is 1.09 bits per heavy atom. The fourth-order valence-corrected chi connectivity index (χ4v) is 10.0. The van der Waals surface area contributed by atoms with Crippen LogP contribution < -0.4 is 14.8 Å². The van der Waals surface area contributed by atoms with Gasteiger partial charge in [-0.15, -0.1) is 0 Å². The van der Waals surface area contributed by atoms with Crippen LogP contribution in [0.4, 0.5) is 13.2 Å². The summed E-state index contributed by atoms with van der Waals surface area (Å²) in [4.78, 5) is 0. The van der Waals surface area contributed by atoms with Crippen LogP contribution in [0.1, 0.15) is 123 Å². The molecule has 8 heteroatoms. The number of hydrogen-bond donors (Lipinski definition) is 0. The fourth-order valence-electron chi connectivity index (χ4n) is 5.85. The van der Waals surface area contributed by atoms with E-state index in [0.717, 1.165) is 23.6 Å². The second-order valence-electron chi connectivity index (χ2n) is 14.2. The Morgan fingerprint density at radius 1 is 0.674 bits per heavy atom. The summed E-state index contributed by atoms with van der Waals surface area (Å²) in [5.41, 5.74) is 6.17. The van der Waals surface area contributed by atoms with Gasteiger partial charge in [0, 0.05) is 10.9 Å². The summed E-state index contributed by atoms with van der Waals surface area (Å²) in [6, 6.07) is 16.0. The van der Waals surface area contributed by atoms with Gasteiger partial charge in [-0.1, -0.05) is 109 Å². The molecule has 3 aromatic rings. The number of rotatable bonds is 7. The molecule has 46 heavy (non-hydrogen) atoms. The van der Waals surface area contributed by atoms with Gasteiger partial charge in [0.25, 0.3) is 0 Å².